The van der Waals surface area contributed by atoms with E-state index in [9.17, 15) is 0 Å². The van der Waals surface area contributed by atoms with Crippen molar-refractivity contribution < 1.29 is 9.47 Å². The van der Waals surface area contributed by atoms with E-state index in [1.165, 1.54) is 13.1 Å². The van der Waals surface area contributed by atoms with Crippen LogP contribution in [-0.2, 0) is 4.74 Å². The predicted octanol–water partition coefficient (Wildman–Crippen LogP) is 1.74. The van der Waals surface area contributed by atoms with Crippen LogP contribution in [-0.4, -0.2) is 23.9 Å². The molecule has 0 fully saturated rings. The van der Waals surface area contributed by atoms with Crippen LogP contribution in [0, 0.1) is 17.7 Å². The summed E-state index contributed by atoms with van der Waals surface area (Å²) in [5, 5.41) is 14.6. The lowest BCUT2D eigenvalue weighted by molar-refractivity contribution is 0.408. The van der Waals surface area contributed by atoms with Gasteiger partial charge in [0, 0.05) is 13.1 Å². The molecule has 0 saturated carbocycles. The minimum atomic E-state index is -0.103. The van der Waals surface area contributed by atoms with E-state index in [1.807, 2.05) is 6.92 Å². The van der Waals surface area contributed by atoms with Crippen molar-refractivity contribution in [2.45, 2.75) is 13.8 Å². The lowest BCUT2D eigenvalue weighted by atomic mass is 10.2. The zero-order chi connectivity index (χ0) is 11.4. The molecule has 1 aromatic rings. The Morgan fingerprint density at radius 1 is 1.40 bits per heavy atom. The molecular weight excluding hydrogens is 194 g/mol. The third-order valence-electron chi connectivity index (χ3n) is 1.78. The fourth-order valence-corrected chi connectivity index (χ4v) is 1.06. The second-order valence-electron chi connectivity index (χ2n) is 3.00. The monoisotopic (exact) mass is 207 g/mol. The van der Waals surface area contributed by atoms with Gasteiger partial charge in [0.15, 0.2) is 5.90 Å². The van der Waals surface area contributed by atoms with E-state index in [0.29, 0.717) is 11.3 Å². The summed E-state index contributed by atoms with van der Waals surface area (Å²) in [7, 11) is 1.54. The summed E-state index contributed by atoms with van der Waals surface area (Å²) in [6.45, 7) is 3.28. The van der Waals surface area contributed by atoms with Crippen LogP contribution in [0.15, 0.2) is 12.3 Å². The number of methoxy groups -OCH3 is 1. The number of hydrogen-bond donors (Lipinski definition) is 2. The zero-order valence-electron chi connectivity index (χ0n) is 8.92. The fourth-order valence-electron chi connectivity index (χ4n) is 1.06. The summed E-state index contributed by atoms with van der Waals surface area (Å²) < 4.78 is 9.92. The van der Waals surface area contributed by atoms with Gasteiger partial charge in [-0.15, -0.1) is 0 Å². The third-order valence-corrected chi connectivity index (χ3v) is 1.78. The molecule has 1 heterocycles. The van der Waals surface area contributed by atoms with Crippen molar-refractivity contribution in [3.8, 4) is 5.75 Å². The third kappa shape index (κ3) is 2.77. The van der Waals surface area contributed by atoms with Gasteiger partial charge in [-0.05, 0) is 13.0 Å². The molecule has 15 heavy (non-hydrogen) atoms. The number of hydrogen-bond acceptors (Lipinski definition) is 5. The van der Waals surface area contributed by atoms with E-state index in [2.05, 4.69) is 4.98 Å². The molecule has 5 nitrogen and oxygen atoms in total. The van der Waals surface area contributed by atoms with Gasteiger partial charge in [0.2, 0.25) is 5.90 Å². The second kappa shape index (κ2) is 4.54. The van der Waals surface area contributed by atoms with Gasteiger partial charge < -0.3 is 9.47 Å². The van der Waals surface area contributed by atoms with Crippen molar-refractivity contribution in [1.29, 1.82) is 10.8 Å². The summed E-state index contributed by atoms with van der Waals surface area (Å²) in [5.41, 5.74) is 1.24. The molecular formula is C10H13N3O2. The number of pyridine rings is 1. The van der Waals surface area contributed by atoms with Crippen molar-refractivity contribution in [2.24, 2.45) is 0 Å². The number of nitrogens with one attached hydrogen (secondary N) is 2. The molecule has 0 aliphatic rings. The molecule has 0 aromatic carbocycles. The van der Waals surface area contributed by atoms with Crippen LogP contribution in [0.5, 0.6) is 5.75 Å². The van der Waals surface area contributed by atoms with E-state index in [0.717, 1.165) is 5.69 Å². The van der Waals surface area contributed by atoms with Crippen molar-refractivity contribution in [2.75, 3.05) is 7.11 Å². The van der Waals surface area contributed by atoms with Crippen LogP contribution in [0.3, 0.4) is 0 Å². The van der Waals surface area contributed by atoms with Crippen LogP contribution < -0.4 is 4.74 Å². The maximum Gasteiger partial charge on any atom is 0.222 e. The highest BCUT2D eigenvalue weighted by Gasteiger charge is 2.08. The molecule has 0 bridgehead atoms. The van der Waals surface area contributed by atoms with Gasteiger partial charge in [-0.25, -0.2) is 0 Å². The second-order valence-corrected chi connectivity index (χ2v) is 3.00. The number of ether oxygens (including phenoxy) is 2. The largest absolute Gasteiger partial charge is 0.495 e. The van der Waals surface area contributed by atoms with Gasteiger partial charge in [-0.2, -0.15) is 0 Å². The SMILES string of the molecule is COc1cc(C(=N)OC(C)=N)cnc1C. The quantitative estimate of drug-likeness (QED) is 0.572. The molecule has 2 N–H and O–H groups in total. The molecule has 0 amide bonds. The lowest BCUT2D eigenvalue weighted by Crippen LogP contribution is -2.09. The molecule has 0 unspecified atom stereocenters. The van der Waals surface area contributed by atoms with Gasteiger partial charge in [-0.3, -0.25) is 15.8 Å². The van der Waals surface area contributed by atoms with Gasteiger partial charge in [0.1, 0.15) is 5.75 Å². The van der Waals surface area contributed by atoms with Crippen molar-refractivity contribution in [1.82, 2.24) is 4.98 Å². The Morgan fingerprint density at radius 3 is 2.60 bits per heavy atom. The first kappa shape index (κ1) is 11.2. The highest BCUT2D eigenvalue weighted by molar-refractivity contribution is 5.98. The minimum Gasteiger partial charge on any atom is -0.495 e. The standard InChI is InChI=1S/C10H13N3O2/c1-6-9(14-3)4-8(5-13-6)10(12)15-7(2)11/h4-5,11-12H,1-3H3. The predicted molar refractivity (Wildman–Crippen MR) is 56.8 cm³/mol. The number of rotatable bonds is 2. The molecule has 0 saturated heterocycles. The van der Waals surface area contributed by atoms with E-state index in [4.69, 9.17) is 20.3 Å². The van der Waals surface area contributed by atoms with Crippen LogP contribution in [0.2, 0.25) is 0 Å². The van der Waals surface area contributed by atoms with Crippen LogP contribution in [0.25, 0.3) is 0 Å². The number of aryl methyl sites for hydroxylation is 1. The normalized spacial score (nSPS) is 9.53. The van der Waals surface area contributed by atoms with Crippen LogP contribution in [0.1, 0.15) is 18.2 Å². The molecule has 0 aliphatic carbocycles. The summed E-state index contributed by atoms with van der Waals surface area (Å²) in [5.74, 6) is 0.469. The number of aromatic nitrogens is 1. The van der Waals surface area contributed by atoms with E-state index in [1.54, 1.807) is 13.2 Å². The molecule has 0 radical (unpaired) electrons. The highest BCUT2D eigenvalue weighted by Crippen LogP contribution is 2.16. The zero-order valence-corrected chi connectivity index (χ0v) is 8.92. The Balaban J connectivity index is 2.95. The maximum absolute atomic E-state index is 7.54. The summed E-state index contributed by atoms with van der Waals surface area (Å²) >= 11 is 0. The minimum absolute atomic E-state index is 0.0282. The number of nitrogens with zero attached hydrogens (tertiary/aromatic N) is 1. The maximum atomic E-state index is 7.54. The first-order valence-electron chi connectivity index (χ1n) is 4.37. The molecule has 80 valence electrons. The highest BCUT2D eigenvalue weighted by atomic mass is 16.5. The van der Waals surface area contributed by atoms with Crippen molar-refractivity contribution >= 4 is 11.8 Å². The summed E-state index contributed by atoms with van der Waals surface area (Å²) in [6, 6.07) is 1.66. The van der Waals surface area contributed by atoms with Crippen molar-refractivity contribution in [3.05, 3.63) is 23.5 Å². The van der Waals surface area contributed by atoms with Gasteiger partial charge >= 0.3 is 0 Å². The van der Waals surface area contributed by atoms with Crippen molar-refractivity contribution in [3.63, 3.8) is 0 Å². The smallest absolute Gasteiger partial charge is 0.222 e. The van der Waals surface area contributed by atoms with Gasteiger partial charge in [-0.1, -0.05) is 0 Å². The average Bonchev–Trinajstić information content (AvgIpc) is 2.17. The van der Waals surface area contributed by atoms with E-state index in [-0.39, 0.29) is 11.8 Å². The molecule has 0 aliphatic heterocycles. The lowest BCUT2D eigenvalue weighted by Gasteiger charge is -2.07. The molecule has 0 spiro atoms. The van der Waals surface area contributed by atoms with Gasteiger partial charge in [0.05, 0.1) is 18.4 Å². The first-order chi connectivity index (χ1) is 7.04. The Bertz CT molecular complexity index is 402. The summed E-state index contributed by atoms with van der Waals surface area (Å²) in [4.78, 5) is 4.06. The fraction of sp³-hybridized carbons (Fsp3) is 0.300. The van der Waals surface area contributed by atoms with Crippen LogP contribution in [0.4, 0.5) is 0 Å². The molecule has 5 heteroatoms. The molecule has 1 rings (SSSR count). The Labute approximate surface area is 88.1 Å². The van der Waals surface area contributed by atoms with Crippen LogP contribution >= 0.6 is 0 Å². The molecule has 0 atom stereocenters. The van der Waals surface area contributed by atoms with Gasteiger partial charge in [0.25, 0.3) is 0 Å². The molecule has 1 aromatic heterocycles. The average molecular weight is 207 g/mol. The van der Waals surface area contributed by atoms with E-state index >= 15 is 0 Å². The topological polar surface area (TPSA) is 79.0 Å². The summed E-state index contributed by atoms with van der Waals surface area (Å²) in [6.07, 6.45) is 1.52. The Hall–Kier alpha value is -1.91. The first-order valence-corrected chi connectivity index (χ1v) is 4.37. The van der Waals surface area contributed by atoms with E-state index < -0.39 is 0 Å². The Kier molecular flexibility index (Phi) is 3.38. The Morgan fingerprint density at radius 2 is 2.07 bits per heavy atom.